The highest BCUT2D eigenvalue weighted by atomic mass is 35.5. The van der Waals surface area contributed by atoms with Gasteiger partial charge >= 0.3 is 0 Å². The van der Waals surface area contributed by atoms with Gasteiger partial charge in [0.2, 0.25) is 11.8 Å². The maximum atomic E-state index is 12.5. The number of rotatable bonds is 6. The lowest BCUT2D eigenvalue weighted by Gasteiger charge is -2.38. The van der Waals surface area contributed by atoms with Crippen LogP contribution in [0.4, 0.5) is 11.4 Å². The van der Waals surface area contributed by atoms with Gasteiger partial charge in [-0.15, -0.1) is 0 Å². The molecule has 2 aromatic carbocycles. The molecule has 7 heteroatoms. The van der Waals surface area contributed by atoms with E-state index in [1.54, 1.807) is 13.2 Å². The number of carbonyl (C=O) groups excluding carboxylic acids is 2. The van der Waals surface area contributed by atoms with Crippen molar-refractivity contribution in [2.45, 2.75) is 13.8 Å². The molecule has 6 nitrogen and oxygen atoms in total. The Kier molecular flexibility index (Phi) is 7.58. The van der Waals surface area contributed by atoms with Crippen LogP contribution in [0.5, 0.6) is 5.75 Å². The van der Waals surface area contributed by atoms with Crippen LogP contribution in [-0.2, 0) is 9.59 Å². The first-order chi connectivity index (χ1) is 14.9. The topological polar surface area (TPSA) is 61.9 Å². The Morgan fingerprint density at radius 3 is 2.35 bits per heavy atom. The molecule has 0 atom stereocenters. The van der Waals surface area contributed by atoms with Gasteiger partial charge in [0.05, 0.1) is 23.5 Å². The number of ether oxygens (including phenoxy) is 1. The maximum absolute atomic E-state index is 12.5. The van der Waals surface area contributed by atoms with Crippen LogP contribution in [0.3, 0.4) is 0 Å². The van der Waals surface area contributed by atoms with E-state index in [0.717, 1.165) is 17.0 Å². The molecular weight excluding hydrogens is 414 g/mol. The normalized spacial score (nSPS) is 14.2. The second-order valence-electron chi connectivity index (χ2n) is 7.70. The van der Waals surface area contributed by atoms with Crippen molar-refractivity contribution in [3.8, 4) is 5.75 Å². The zero-order valence-electron chi connectivity index (χ0n) is 18.1. The molecule has 2 aromatic rings. The minimum Gasteiger partial charge on any atom is -0.497 e. The van der Waals surface area contributed by atoms with Crippen molar-refractivity contribution < 1.29 is 14.3 Å². The molecule has 1 aliphatic rings. The first kappa shape index (κ1) is 22.7. The van der Waals surface area contributed by atoms with Gasteiger partial charge in [-0.05, 0) is 35.9 Å². The average Bonchev–Trinajstić information content (AvgIpc) is 2.78. The standard InChI is InChI=1S/C24H28ClN3O3/c1-17(2)24(30)28-15-13-27(14-16-28)23-20(25)5-4-6-21(23)26-22(29)12-9-18-7-10-19(31-3)11-8-18/h4-12,17H,13-16H2,1-3H3,(H,26,29). The van der Waals surface area contributed by atoms with Crippen LogP contribution in [0.25, 0.3) is 6.08 Å². The number of hydrogen-bond donors (Lipinski definition) is 1. The lowest BCUT2D eigenvalue weighted by Crippen LogP contribution is -2.50. The largest absolute Gasteiger partial charge is 0.497 e. The molecule has 31 heavy (non-hydrogen) atoms. The number of nitrogens with zero attached hydrogens (tertiary/aromatic N) is 2. The molecule has 2 amide bonds. The number of halogens is 1. The lowest BCUT2D eigenvalue weighted by atomic mass is 10.1. The van der Waals surface area contributed by atoms with Crippen LogP contribution in [0.15, 0.2) is 48.5 Å². The smallest absolute Gasteiger partial charge is 0.248 e. The van der Waals surface area contributed by atoms with E-state index < -0.39 is 0 Å². The summed E-state index contributed by atoms with van der Waals surface area (Å²) in [5, 5.41) is 3.51. The molecule has 0 aliphatic carbocycles. The summed E-state index contributed by atoms with van der Waals surface area (Å²) in [6.07, 6.45) is 3.24. The van der Waals surface area contributed by atoms with Crippen molar-refractivity contribution in [1.82, 2.24) is 4.90 Å². The van der Waals surface area contributed by atoms with E-state index in [2.05, 4.69) is 10.2 Å². The minimum atomic E-state index is -0.243. The predicted molar refractivity (Wildman–Crippen MR) is 126 cm³/mol. The van der Waals surface area contributed by atoms with E-state index in [1.165, 1.54) is 6.08 Å². The third kappa shape index (κ3) is 5.79. The molecule has 0 radical (unpaired) electrons. The van der Waals surface area contributed by atoms with Gasteiger partial charge in [-0.3, -0.25) is 9.59 Å². The van der Waals surface area contributed by atoms with E-state index in [4.69, 9.17) is 16.3 Å². The van der Waals surface area contributed by atoms with Crippen molar-refractivity contribution in [2.75, 3.05) is 43.5 Å². The van der Waals surface area contributed by atoms with Crippen molar-refractivity contribution in [1.29, 1.82) is 0 Å². The molecular formula is C24H28ClN3O3. The van der Waals surface area contributed by atoms with Gasteiger partial charge in [0, 0.05) is 38.2 Å². The number of piperazine rings is 1. The van der Waals surface area contributed by atoms with Crippen molar-refractivity contribution >= 4 is 40.9 Å². The third-order valence-electron chi connectivity index (χ3n) is 5.19. The number of para-hydroxylation sites is 1. The summed E-state index contributed by atoms with van der Waals surface area (Å²) in [6, 6.07) is 12.9. The number of carbonyl (C=O) groups is 2. The molecule has 1 N–H and O–H groups in total. The highest BCUT2D eigenvalue weighted by molar-refractivity contribution is 6.34. The van der Waals surface area contributed by atoms with Crippen LogP contribution >= 0.6 is 11.6 Å². The fraction of sp³-hybridized carbons (Fsp3) is 0.333. The van der Waals surface area contributed by atoms with E-state index >= 15 is 0 Å². The van der Waals surface area contributed by atoms with Gasteiger partial charge in [-0.1, -0.05) is 43.6 Å². The average molecular weight is 442 g/mol. The molecule has 0 saturated carbocycles. The van der Waals surface area contributed by atoms with Gasteiger partial charge < -0.3 is 19.9 Å². The molecule has 1 fully saturated rings. The minimum absolute atomic E-state index is 0.0146. The molecule has 3 rings (SSSR count). The Hall–Kier alpha value is -2.99. The van der Waals surface area contributed by atoms with E-state index in [-0.39, 0.29) is 17.7 Å². The van der Waals surface area contributed by atoms with Crippen LogP contribution in [0, 0.1) is 5.92 Å². The Morgan fingerprint density at radius 2 is 1.74 bits per heavy atom. The van der Waals surface area contributed by atoms with E-state index in [9.17, 15) is 9.59 Å². The summed E-state index contributed by atoms with van der Waals surface area (Å²) >= 11 is 6.49. The van der Waals surface area contributed by atoms with Gasteiger partial charge in [0.1, 0.15) is 5.75 Å². The third-order valence-corrected chi connectivity index (χ3v) is 5.49. The number of amides is 2. The number of hydrogen-bond acceptors (Lipinski definition) is 4. The summed E-state index contributed by atoms with van der Waals surface area (Å²) in [5.41, 5.74) is 2.33. The second-order valence-corrected chi connectivity index (χ2v) is 8.11. The maximum Gasteiger partial charge on any atom is 0.248 e. The van der Waals surface area contributed by atoms with E-state index in [1.807, 2.05) is 61.2 Å². The van der Waals surface area contributed by atoms with Crippen LogP contribution < -0.4 is 15.0 Å². The van der Waals surface area contributed by atoms with Gasteiger partial charge in [-0.2, -0.15) is 0 Å². The van der Waals surface area contributed by atoms with Gasteiger partial charge in [0.15, 0.2) is 0 Å². The molecule has 0 bridgehead atoms. The first-order valence-electron chi connectivity index (χ1n) is 10.3. The molecule has 1 heterocycles. The Bertz CT molecular complexity index is 949. The number of methoxy groups -OCH3 is 1. The summed E-state index contributed by atoms with van der Waals surface area (Å²) in [7, 11) is 1.61. The van der Waals surface area contributed by atoms with Crippen molar-refractivity contribution in [3.63, 3.8) is 0 Å². The van der Waals surface area contributed by atoms with Gasteiger partial charge in [0.25, 0.3) is 0 Å². The summed E-state index contributed by atoms with van der Waals surface area (Å²) in [6.45, 7) is 6.41. The molecule has 0 spiro atoms. The number of anilines is 2. The number of benzene rings is 2. The zero-order chi connectivity index (χ0) is 22.4. The molecule has 164 valence electrons. The lowest BCUT2D eigenvalue weighted by molar-refractivity contribution is -0.134. The molecule has 1 saturated heterocycles. The Labute approximate surface area is 188 Å². The van der Waals surface area contributed by atoms with Crippen molar-refractivity contribution in [3.05, 3.63) is 59.1 Å². The summed E-state index contributed by atoms with van der Waals surface area (Å²) in [5.74, 6) is 0.670. The molecule has 1 aliphatic heterocycles. The quantitative estimate of drug-likeness (QED) is 0.679. The molecule has 0 aromatic heterocycles. The first-order valence-corrected chi connectivity index (χ1v) is 10.7. The summed E-state index contributed by atoms with van der Waals surface area (Å²) in [4.78, 5) is 28.8. The van der Waals surface area contributed by atoms with Crippen LogP contribution in [0.1, 0.15) is 19.4 Å². The predicted octanol–water partition coefficient (Wildman–Crippen LogP) is 4.31. The zero-order valence-corrected chi connectivity index (χ0v) is 18.9. The fourth-order valence-electron chi connectivity index (χ4n) is 3.51. The van der Waals surface area contributed by atoms with Gasteiger partial charge in [-0.25, -0.2) is 0 Å². The SMILES string of the molecule is COc1ccc(C=CC(=O)Nc2cccc(Cl)c2N2CCN(C(=O)C(C)C)CC2)cc1. The van der Waals surface area contributed by atoms with Crippen molar-refractivity contribution in [2.24, 2.45) is 5.92 Å². The van der Waals surface area contributed by atoms with E-state index in [0.29, 0.717) is 36.9 Å². The Morgan fingerprint density at radius 1 is 1.06 bits per heavy atom. The summed E-state index contributed by atoms with van der Waals surface area (Å²) < 4.78 is 5.14. The number of nitrogens with one attached hydrogen (secondary N) is 1. The van der Waals surface area contributed by atoms with Crippen LogP contribution in [-0.4, -0.2) is 50.0 Å². The second kappa shape index (κ2) is 10.4. The highest BCUT2D eigenvalue weighted by Crippen LogP contribution is 2.34. The van der Waals surface area contributed by atoms with Crippen LogP contribution in [0.2, 0.25) is 5.02 Å². The molecule has 0 unspecified atom stereocenters. The Balaban J connectivity index is 1.69. The fourth-order valence-corrected chi connectivity index (χ4v) is 3.81. The monoisotopic (exact) mass is 441 g/mol. The highest BCUT2D eigenvalue weighted by Gasteiger charge is 2.25.